The van der Waals surface area contributed by atoms with Gasteiger partial charge in [0.25, 0.3) is 5.91 Å². The van der Waals surface area contributed by atoms with E-state index in [1.165, 1.54) is 0 Å². The van der Waals surface area contributed by atoms with E-state index >= 15 is 0 Å². The molecule has 6 rings (SSSR count). The number of nitrogens with zero attached hydrogens (tertiary/aromatic N) is 1. The molecule has 1 unspecified atom stereocenters. The molecule has 0 radical (unpaired) electrons. The average molecular weight is 573 g/mol. The number of para-hydroxylation sites is 1. The zero-order chi connectivity index (χ0) is 26.4. The number of rotatable bonds is 3. The van der Waals surface area contributed by atoms with Gasteiger partial charge in [-0.15, -0.1) is 0 Å². The molecule has 1 atom stereocenters. The Labute approximate surface area is 227 Å². The lowest BCUT2D eigenvalue weighted by atomic mass is 9.73. The van der Waals surface area contributed by atoms with Crippen LogP contribution in [0.5, 0.6) is 0 Å². The molecule has 0 aromatic heterocycles. The largest absolute Gasteiger partial charge is 0.339 e. The molecule has 38 heavy (non-hydrogen) atoms. The van der Waals surface area contributed by atoms with Gasteiger partial charge in [-0.25, -0.2) is 0 Å². The Bertz CT molecular complexity index is 1500. The highest BCUT2D eigenvalue weighted by atomic mass is 79.9. The number of fused-ring (bicyclic) bond motifs is 3. The summed E-state index contributed by atoms with van der Waals surface area (Å²) in [5.41, 5.74) is 2.59. The minimum Gasteiger partial charge on any atom is -0.339 e. The van der Waals surface area contributed by atoms with Crippen molar-refractivity contribution < 1.29 is 19.2 Å². The third-order valence-electron chi connectivity index (χ3n) is 7.72. The highest BCUT2D eigenvalue weighted by Gasteiger charge is 2.55. The third kappa shape index (κ3) is 4.07. The maximum absolute atomic E-state index is 13.1. The van der Waals surface area contributed by atoms with Crippen LogP contribution in [0.25, 0.3) is 0 Å². The number of benzene rings is 3. The van der Waals surface area contributed by atoms with Crippen LogP contribution in [0, 0.1) is 5.92 Å². The second kappa shape index (κ2) is 9.40. The summed E-state index contributed by atoms with van der Waals surface area (Å²) >= 11 is 3.40. The molecule has 0 aliphatic carbocycles. The van der Waals surface area contributed by atoms with E-state index in [9.17, 15) is 19.2 Å². The van der Waals surface area contributed by atoms with Gasteiger partial charge in [-0.3, -0.25) is 19.2 Å². The molecule has 0 bridgehead atoms. The van der Waals surface area contributed by atoms with E-state index in [2.05, 4.69) is 31.9 Å². The van der Waals surface area contributed by atoms with Crippen molar-refractivity contribution in [1.29, 1.82) is 0 Å². The van der Waals surface area contributed by atoms with Gasteiger partial charge in [0.1, 0.15) is 0 Å². The van der Waals surface area contributed by atoms with Crippen molar-refractivity contribution in [2.45, 2.75) is 24.7 Å². The second-order valence-corrected chi connectivity index (χ2v) is 10.9. The van der Waals surface area contributed by atoms with Crippen LogP contribution in [0.2, 0.25) is 0 Å². The molecular weight excluding hydrogens is 548 g/mol. The van der Waals surface area contributed by atoms with Gasteiger partial charge in [-0.05, 0) is 54.8 Å². The SMILES string of the molecule is O=C(Nc1ccc2c(c1)NC(=O)C21Cc2ccccc2NC1=O)C1CCN(C(=O)c2cccc(Br)c2)CC1. The lowest BCUT2D eigenvalue weighted by Crippen LogP contribution is -2.50. The first-order valence-electron chi connectivity index (χ1n) is 12.6. The summed E-state index contributed by atoms with van der Waals surface area (Å²) in [4.78, 5) is 53.9. The summed E-state index contributed by atoms with van der Waals surface area (Å²) in [7, 11) is 0. The first kappa shape index (κ1) is 24.4. The smallest absolute Gasteiger partial charge is 0.253 e. The topological polar surface area (TPSA) is 108 Å². The molecule has 9 heteroatoms. The molecule has 0 saturated carbocycles. The van der Waals surface area contributed by atoms with Crippen LogP contribution in [0.1, 0.15) is 34.3 Å². The minimum absolute atomic E-state index is 0.0391. The van der Waals surface area contributed by atoms with Crippen LogP contribution >= 0.6 is 15.9 Å². The van der Waals surface area contributed by atoms with E-state index < -0.39 is 5.41 Å². The Morgan fingerprint density at radius 1 is 0.895 bits per heavy atom. The minimum atomic E-state index is -1.33. The van der Waals surface area contributed by atoms with Crippen molar-refractivity contribution in [3.63, 3.8) is 0 Å². The van der Waals surface area contributed by atoms with E-state index in [1.807, 2.05) is 36.4 Å². The first-order chi connectivity index (χ1) is 18.3. The van der Waals surface area contributed by atoms with Crippen molar-refractivity contribution in [3.05, 3.63) is 87.9 Å². The molecule has 3 heterocycles. The van der Waals surface area contributed by atoms with Crippen molar-refractivity contribution >= 4 is 56.6 Å². The molecule has 1 saturated heterocycles. The zero-order valence-electron chi connectivity index (χ0n) is 20.4. The lowest BCUT2D eigenvalue weighted by Gasteiger charge is -2.32. The van der Waals surface area contributed by atoms with Crippen LogP contribution < -0.4 is 16.0 Å². The van der Waals surface area contributed by atoms with E-state index in [0.717, 1.165) is 15.7 Å². The van der Waals surface area contributed by atoms with Gasteiger partial charge in [0.2, 0.25) is 17.7 Å². The van der Waals surface area contributed by atoms with Crippen LogP contribution in [-0.2, 0) is 26.2 Å². The van der Waals surface area contributed by atoms with Gasteiger partial charge >= 0.3 is 0 Å². The van der Waals surface area contributed by atoms with Crippen LogP contribution in [0.3, 0.4) is 0 Å². The van der Waals surface area contributed by atoms with Crippen molar-refractivity contribution in [2.24, 2.45) is 5.92 Å². The molecule has 1 fully saturated rings. The van der Waals surface area contributed by atoms with E-state index in [4.69, 9.17) is 0 Å². The van der Waals surface area contributed by atoms with Crippen molar-refractivity contribution in [3.8, 4) is 0 Å². The standard InChI is InChI=1S/C29H25BrN4O4/c30-20-6-3-5-18(14-20)26(36)34-12-10-17(11-13-34)25(35)31-21-8-9-22-24(15-21)33-28(38)29(22)16-19-4-1-2-7-23(19)32-27(29)37/h1-9,14-15,17H,10-13,16H2,(H,31,35)(H,32,37)(H,33,38). The Hall–Kier alpha value is -3.98. The van der Waals surface area contributed by atoms with Crippen molar-refractivity contribution in [1.82, 2.24) is 4.90 Å². The monoisotopic (exact) mass is 572 g/mol. The molecule has 1 spiro atoms. The molecule has 3 aromatic carbocycles. The summed E-state index contributed by atoms with van der Waals surface area (Å²) in [6.45, 7) is 1.01. The maximum Gasteiger partial charge on any atom is 0.253 e. The molecule has 3 aliphatic rings. The molecule has 8 nitrogen and oxygen atoms in total. The van der Waals surface area contributed by atoms with Crippen LogP contribution in [-0.4, -0.2) is 41.6 Å². The molecule has 3 aromatic rings. The highest BCUT2D eigenvalue weighted by Crippen LogP contribution is 2.45. The predicted molar refractivity (Wildman–Crippen MR) is 147 cm³/mol. The number of anilines is 3. The third-order valence-corrected chi connectivity index (χ3v) is 8.21. The van der Waals surface area contributed by atoms with Crippen LogP contribution in [0.15, 0.2) is 71.2 Å². The predicted octanol–water partition coefficient (Wildman–Crippen LogP) is 4.32. The molecule has 3 N–H and O–H groups in total. The summed E-state index contributed by atoms with van der Waals surface area (Å²) in [6.07, 6.45) is 1.41. The fourth-order valence-electron chi connectivity index (χ4n) is 5.63. The van der Waals surface area contributed by atoms with Gasteiger partial charge < -0.3 is 20.9 Å². The maximum atomic E-state index is 13.1. The van der Waals surface area contributed by atoms with E-state index in [0.29, 0.717) is 48.4 Å². The number of carbonyl (C=O) groups excluding carboxylic acids is 4. The number of amides is 4. The second-order valence-electron chi connectivity index (χ2n) is 9.97. The first-order valence-corrected chi connectivity index (χ1v) is 13.4. The van der Waals surface area contributed by atoms with Gasteiger partial charge in [0.05, 0.1) is 0 Å². The zero-order valence-corrected chi connectivity index (χ0v) is 22.0. The van der Waals surface area contributed by atoms with Crippen molar-refractivity contribution in [2.75, 3.05) is 29.0 Å². The Balaban J connectivity index is 1.13. The Morgan fingerprint density at radius 3 is 2.39 bits per heavy atom. The van der Waals surface area contributed by atoms with E-state index in [-0.39, 0.29) is 36.0 Å². The summed E-state index contributed by atoms with van der Waals surface area (Å²) in [6, 6.07) is 20.0. The Kier molecular flexibility index (Phi) is 6.03. The Morgan fingerprint density at radius 2 is 1.63 bits per heavy atom. The quantitative estimate of drug-likeness (QED) is 0.406. The summed E-state index contributed by atoms with van der Waals surface area (Å²) in [5.74, 6) is -1.11. The fourth-order valence-corrected chi connectivity index (χ4v) is 6.03. The normalized spacial score (nSPS) is 20.4. The average Bonchev–Trinajstić information content (AvgIpc) is 3.19. The summed E-state index contributed by atoms with van der Waals surface area (Å²) in [5, 5.41) is 8.69. The molecule has 192 valence electrons. The van der Waals surface area contributed by atoms with Gasteiger partial charge in [-0.1, -0.05) is 46.3 Å². The van der Waals surface area contributed by atoms with Gasteiger partial charge in [-0.2, -0.15) is 0 Å². The number of carbonyl (C=O) groups is 4. The fraction of sp³-hybridized carbons (Fsp3) is 0.241. The molecule has 4 amide bonds. The number of piperidine rings is 1. The summed E-state index contributed by atoms with van der Waals surface area (Å²) < 4.78 is 0.850. The van der Waals surface area contributed by atoms with Gasteiger partial charge in [0.15, 0.2) is 5.41 Å². The van der Waals surface area contributed by atoms with Crippen LogP contribution in [0.4, 0.5) is 17.1 Å². The molecule has 3 aliphatic heterocycles. The van der Waals surface area contributed by atoms with E-state index in [1.54, 1.807) is 35.2 Å². The number of likely N-dealkylation sites (tertiary alicyclic amines) is 1. The highest BCUT2D eigenvalue weighted by molar-refractivity contribution is 9.10. The molecular formula is C29H25BrN4O4. The number of hydrogen-bond donors (Lipinski definition) is 3. The number of hydrogen-bond acceptors (Lipinski definition) is 4. The number of nitrogens with one attached hydrogen (secondary N) is 3. The van der Waals surface area contributed by atoms with Gasteiger partial charge in [0, 0.05) is 58.1 Å². The lowest BCUT2D eigenvalue weighted by molar-refractivity contribution is -0.131. The number of halogens is 1.